The van der Waals surface area contributed by atoms with Crippen LogP contribution in [0.1, 0.15) is 18.5 Å². The van der Waals surface area contributed by atoms with E-state index in [9.17, 15) is 13.2 Å². The van der Waals surface area contributed by atoms with Crippen LogP contribution in [0, 0.1) is 0 Å². The van der Waals surface area contributed by atoms with E-state index in [1.165, 1.54) is 0 Å². The Kier molecular flexibility index (Phi) is 2.77. The quantitative estimate of drug-likeness (QED) is 0.839. The average Bonchev–Trinajstić information content (AvgIpc) is 2.66. The van der Waals surface area contributed by atoms with Crippen LogP contribution in [-0.4, -0.2) is 35.3 Å². The summed E-state index contributed by atoms with van der Waals surface area (Å²) in [4.78, 5) is 8.93. The first-order valence-corrected chi connectivity index (χ1v) is 6.04. The lowest BCUT2D eigenvalue weighted by Gasteiger charge is -2.33. The minimum Gasteiger partial charge on any atom is -0.371 e. The second-order valence-corrected chi connectivity index (χ2v) is 4.83. The minimum atomic E-state index is -4.52. The van der Waals surface area contributed by atoms with Crippen LogP contribution < -0.4 is 10.6 Å². The van der Waals surface area contributed by atoms with E-state index in [2.05, 4.69) is 9.97 Å². The molecule has 2 aliphatic rings. The Labute approximate surface area is 107 Å². The number of halogens is 3. The van der Waals surface area contributed by atoms with E-state index in [-0.39, 0.29) is 24.0 Å². The average molecular weight is 274 g/mol. The van der Waals surface area contributed by atoms with Gasteiger partial charge in [-0.05, 0) is 12.8 Å². The third kappa shape index (κ3) is 2.44. The number of nitrogen functional groups attached to an aromatic ring is 1. The highest BCUT2D eigenvalue weighted by atomic mass is 19.4. The van der Waals surface area contributed by atoms with Crippen molar-refractivity contribution in [2.45, 2.75) is 31.2 Å². The van der Waals surface area contributed by atoms with Gasteiger partial charge in [-0.1, -0.05) is 0 Å². The number of ether oxygens (including phenoxy) is 1. The van der Waals surface area contributed by atoms with Gasteiger partial charge in [0, 0.05) is 19.2 Å². The van der Waals surface area contributed by atoms with E-state index >= 15 is 0 Å². The van der Waals surface area contributed by atoms with Gasteiger partial charge in [-0.15, -0.1) is 0 Å². The number of anilines is 2. The Morgan fingerprint density at radius 2 is 1.84 bits per heavy atom. The maximum absolute atomic E-state index is 12.7. The van der Waals surface area contributed by atoms with Crippen LogP contribution >= 0.6 is 0 Å². The zero-order chi connectivity index (χ0) is 13.6. The number of morpholine rings is 1. The molecule has 0 aliphatic carbocycles. The summed E-state index contributed by atoms with van der Waals surface area (Å²) in [5.74, 6) is -0.135. The number of alkyl halides is 3. The first kappa shape index (κ1) is 12.5. The van der Waals surface area contributed by atoms with Gasteiger partial charge in [0.05, 0.1) is 12.2 Å². The van der Waals surface area contributed by atoms with Crippen molar-refractivity contribution in [3.63, 3.8) is 0 Å². The van der Waals surface area contributed by atoms with Crippen molar-refractivity contribution in [3.8, 4) is 0 Å². The number of hydrogen-bond acceptors (Lipinski definition) is 5. The molecule has 3 rings (SSSR count). The fourth-order valence-electron chi connectivity index (χ4n) is 2.56. The summed E-state index contributed by atoms with van der Waals surface area (Å²) in [6.07, 6.45) is -2.49. The van der Waals surface area contributed by atoms with Gasteiger partial charge in [-0.3, -0.25) is 0 Å². The summed E-state index contributed by atoms with van der Waals surface area (Å²) in [6, 6.07) is 0.946. The second-order valence-electron chi connectivity index (χ2n) is 4.83. The van der Waals surface area contributed by atoms with Gasteiger partial charge < -0.3 is 15.4 Å². The zero-order valence-electron chi connectivity index (χ0n) is 10.0. The molecular formula is C11H13F3N4O. The molecule has 8 heteroatoms. The molecule has 2 fully saturated rings. The maximum atomic E-state index is 12.7. The molecule has 2 aliphatic heterocycles. The smallest absolute Gasteiger partial charge is 0.371 e. The van der Waals surface area contributed by atoms with E-state index in [1.54, 1.807) is 4.90 Å². The minimum absolute atomic E-state index is 0.0734. The Morgan fingerprint density at radius 1 is 1.21 bits per heavy atom. The Morgan fingerprint density at radius 3 is 2.42 bits per heavy atom. The largest absolute Gasteiger partial charge is 0.433 e. The van der Waals surface area contributed by atoms with E-state index < -0.39 is 11.9 Å². The highest BCUT2D eigenvalue weighted by Crippen LogP contribution is 2.33. The van der Waals surface area contributed by atoms with Crippen LogP contribution in [0.15, 0.2) is 6.07 Å². The van der Waals surface area contributed by atoms with E-state index in [0.717, 1.165) is 18.9 Å². The zero-order valence-corrected chi connectivity index (χ0v) is 10.0. The number of nitrogens with two attached hydrogens (primary N) is 1. The molecule has 0 aromatic carbocycles. The molecule has 2 bridgehead atoms. The predicted molar refractivity (Wildman–Crippen MR) is 61.6 cm³/mol. The fraction of sp³-hybridized carbons (Fsp3) is 0.636. The van der Waals surface area contributed by atoms with Gasteiger partial charge in [0.2, 0.25) is 5.95 Å². The summed E-state index contributed by atoms with van der Waals surface area (Å²) in [7, 11) is 0. The molecule has 2 unspecified atom stereocenters. The van der Waals surface area contributed by atoms with Gasteiger partial charge in [-0.25, -0.2) is 4.98 Å². The van der Waals surface area contributed by atoms with Crippen LogP contribution in [0.25, 0.3) is 0 Å². The lowest BCUT2D eigenvalue weighted by atomic mass is 10.2. The molecular weight excluding hydrogens is 261 g/mol. The van der Waals surface area contributed by atoms with Crippen molar-refractivity contribution in [1.29, 1.82) is 0 Å². The molecule has 3 heterocycles. The molecule has 2 atom stereocenters. The Balaban J connectivity index is 1.90. The molecule has 104 valence electrons. The van der Waals surface area contributed by atoms with E-state index in [1.807, 2.05) is 0 Å². The van der Waals surface area contributed by atoms with Crippen LogP contribution in [0.5, 0.6) is 0 Å². The normalized spacial score (nSPS) is 26.8. The molecule has 2 saturated heterocycles. The lowest BCUT2D eigenvalue weighted by molar-refractivity contribution is -0.141. The Hall–Kier alpha value is -1.57. The number of fused-ring (bicyclic) bond motifs is 2. The van der Waals surface area contributed by atoms with Crippen LogP contribution in [-0.2, 0) is 10.9 Å². The Bertz CT molecular complexity index is 481. The maximum Gasteiger partial charge on any atom is 0.433 e. The van der Waals surface area contributed by atoms with Crippen molar-refractivity contribution in [2.75, 3.05) is 23.7 Å². The first-order valence-electron chi connectivity index (χ1n) is 6.04. The summed E-state index contributed by atoms with van der Waals surface area (Å²) in [5, 5.41) is 0. The molecule has 19 heavy (non-hydrogen) atoms. The molecule has 2 N–H and O–H groups in total. The lowest BCUT2D eigenvalue weighted by Crippen LogP contribution is -2.43. The number of aromatic nitrogens is 2. The van der Waals surface area contributed by atoms with E-state index in [0.29, 0.717) is 13.1 Å². The van der Waals surface area contributed by atoms with E-state index in [4.69, 9.17) is 10.5 Å². The second kappa shape index (κ2) is 4.22. The van der Waals surface area contributed by atoms with Gasteiger partial charge in [0.15, 0.2) is 5.69 Å². The number of nitrogens with zero attached hydrogens (tertiary/aromatic N) is 3. The van der Waals surface area contributed by atoms with Crippen molar-refractivity contribution in [1.82, 2.24) is 9.97 Å². The van der Waals surface area contributed by atoms with Gasteiger partial charge >= 0.3 is 6.18 Å². The third-order valence-electron chi connectivity index (χ3n) is 3.39. The molecule has 0 amide bonds. The fourth-order valence-corrected chi connectivity index (χ4v) is 2.56. The van der Waals surface area contributed by atoms with Crippen molar-refractivity contribution in [3.05, 3.63) is 11.8 Å². The van der Waals surface area contributed by atoms with Gasteiger partial charge in [0.25, 0.3) is 0 Å². The molecule has 0 spiro atoms. The molecule has 1 aromatic heterocycles. The van der Waals surface area contributed by atoms with Gasteiger partial charge in [0.1, 0.15) is 5.82 Å². The SMILES string of the molecule is Nc1nc(N2CC3CCC(C2)O3)cc(C(F)(F)F)n1. The molecule has 1 aromatic rings. The summed E-state index contributed by atoms with van der Waals surface area (Å²) in [6.45, 7) is 1.09. The molecule has 0 radical (unpaired) electrons. The first-order chi connectivity index (χ1) is 8.91. The van der Waals surface area contributed by atoms with Crippen LogP contribution in [0.4, 0.5) is 24.9 Å². The highest BCUT2D eigenvalue weighted by Gasteiger charge is 2.37. The molecule has 0 saturated carbocycles. The van der Waals surface area contributed by atoms with Crippen molar-refractivity contribution >= 4 is 11.8 Å². The summed E-state index contributed by atoms with van der Waals surface area (Å²) >= 11 is 0. The van der Waals surface area contributed by atoms with Gasteiger partial charge in [-0.2, -0.15) is 18.2 Å². The number of rotatable bonds is 1. The summed E-state index contributed by atoms with van der Waals surface area (Å²) < 4.78 is 43.7. The van der Waals surface area contributed by atoms with Crippen molar-refractivity contribution in [2.24, 2.45) is 0 Å². The van der Waals surface area contributed by atoms with Crippen molar-refractivity contribution < 1.29 is 17.9 Å². The molecule has 5 nitrogen and oxygen atoms in total. The monoisotopic (exact) mass is 274 g/mol. The number of hydrogen-bond donors (Lipinski definition) is 1. The predicted octanol–water partition coefficient (Wildman–Crippen LogP) is 1.45. The van der Waals surface area contributed by atoms with Crippen LogP contribution in [0.2, 0.25) is 0 Å². The standard InChI is InChI=1S/C11H13F3N4O/c12-11(13,14)8-3-9(17-10(15)16-8)18-4-6-1-2-7(5-18)19-6/h3,6-7H,1-2,4-5H2,(H2,15,16,17). The summed E-state index contributed by atoms with van der Waals surface area (Å²) in [5.41, 5.74) is 4.36. The van der Waals surface area contributed by atoms with Crippen LogP contribution in [0.3, 0.4) is 0 Å². The topological polar surface area (TPSA) is 64.3 Å². The third-order valence-corrected chi connectivity index (χ3v) is 3.39. The highest BCUT2D eigenvalue weighted by molar-refractivity contribution is 5.45.